The number of hydrogen-bond acceptors (Lipinski definition) is 4. The predicted octanol–water partition coefficient (Wildman–Crippen LogP) is 18.8. The van der Waals surface area contributed by atoms with Crippen LogP contribution in [0.2, 0.25) is 0 Å². The molecular formula is C74H78BN3O. The number of para-hydroxylation sites is 3. The van der Waals surface area contributed by atoms with Crippen LogP contribution in [0.1, 0.15) is 166 Å². The molecule has 0 N–H and O–H groups in total. The fraction of sp³-hybridized carbons (Fsp3) is 0.351. The minimum Gasteiger partial charge on any atom is -0.456 e. The number of furan rings is 1. The van der Waals surface area contributed by atoms with E-state index in [1.54, 1.807) is 0 Å². The van der Waals surface area contributed by atoms with Crippen LogP contribution in [0, 0.1) is 13.8 Å². The van der Waals surface area contributed by atoms with Gasteiger partial charge in [-0.2, -0.15) is 0 Å². The first-order valence-corrected chi connectivity index (χ1v) is 29.6. The summed E-state index contributed by atoms with van der Waals surface area (Å²) < 4.78 is 6.84. The van der Waals surface area contributed by atoms with Crippen LogP contribution in [0.4, 0.5) is 51.2 Å². The number of nitrogens with zero attached hydrogens (tertiary/aromatic N) is 3. The van der Waals surface area contributed by atoms with Crippen LogP contribution in [0.25, 0.3) is 21.9 Å². The van der Waals surface area contributed by atoms with Crippen LogP contribution >= 0.6 is 0 Å². The third-order valence-electron chi connectivity index (χ3n) is 20.7. The Kier molecular flexibility index (Phi) is 10.7. The van der Waals surface area contributed by atoms with Crippen molar-refractivity contribution in [1.29, 1.82) is 0 Å². The van der Waals surface area contributed by atoms with Crippen molar-refractivity contribution in [3.63, 3.8) is 0 Å². The third kappa shape index (κ3) is 7.46. The monoisotopic (exact) mass is 1040 g/mol. The Morgan fingerprint density at radius 1 is 0.380 bits per heavy atom. The van der Waals surface area contributed by atoms with Crippen molar-refractivity contribution < 1.29 is 4.42 Å². The topological polar surface area (TPSA) is 22.9 Å². The molecular weight excluding hydrogens is 958 g/mol. The maximum Gasteiger partial charge on any atom is 0.252 e. The molecule has 5 heteroatoms. The highest BCUT2D eigenvalue weighted by Gasteiger charge is 2.49. The molecule has 398 valence electrons. The molecule has 0 atom stereocenters. The molecule has 3 aliphatic carbocycles. The number of fused-ring (bicyclic) bond motifs is 10. The first kappa shape index (κ1) is 50.3. The Hall–Kier alpha value is -6.98. The van der Waals surface area contributed by atoms with E-state index >= 15 is 0 Å². The first-order chi connectivity index (χ1) is 37.4. The van der Waals surface area contributed by atoms with Gasteiger partial charge in [0.2, 0.25) is 0 Å². The molecule has 14 rings (SSSR count). The number of rotatable bonds is 5. The number of anilines is 9. The van der Waals surface area contributed by atoms with Gasteiger partial charge in [-0.05, 0) is 212 Å². The van der Waals surface area contributed by atoms with Crippen LogP contribution in [0.5, 0.6) is 0 Å². The Balaban J connectivity index is 1.17. The first-order valence-electron chi connectivity index (χ1n) is 29.6. The minimum absolute atomic E-state index is 0.00155. The summed E-state index contributed by atoms with van der Waals surface area (Å²) >= 11 is 0. The quantitative estimate of drug-likeness (QED) is 0.160. The van der Waals surface area contributed by atoms with Crippen molar-refractivity contribution in [3.8, 4) is 0 Å². The molecule has 4 nitrogen and oxygen atoms in total. The molecule has 0 saturated heterocycles. The van der Waals surface area contributed by atoms with Gasteiger partial charge in [-0.1, -0.05) is 156 Å². The maximum absolute atomic E-state index is 6.84. The van der Waals surface area contributed by atoms with Gasteiger partial charge < -0.3 is 19.1 Å². The van der Waals surface area contributed by atoms with E-state index in [4.69, 9.17) is 4.42 Å². The van der Waals surface area contributed by atoms with E-state index in [0.29, 0.717) is 0 Å². The van der Waals surface area contributed by atoms with Crippen molar-refractivity contribution in [2.75, 3.05) is 14.7 Å². The predicted molar refractivity (Wildman–Crippen MR) is 338 cm³/mol. The van der Waals surface area contributed by atoms with Crippen LogP contribution in [-0.4, -0.2) is 6.71 Å². The van der Waals surface area contributed by atoms with E-state index in [-0.39, 0.29) is 39.2 Å². The number of benzene rings is 8. The molecule has 0 unspecified atom stereocenters. The summed E-state index contributed by atoms with van der Waals surface area (Å²) in [5.41, 5.74) is 28.2. The van der Waals surface area contributed by atoms with E-state index in [0.717, 1.165) is 65.4 Å². The highest BCUT2D eigenvalue weighted by Crippen LogP contribution is 2.56. The lowest BCUT2D eigenvalue weighted by molar-refractivity contribution is 0.332. The van der Waals surface area contributed by atoms with E-state index in [1.807, 2.05) is 0 Å². The molecule has 0 radical (unpaired) electrons. The Labute approximate surface area is 470 Å². The molecule has 79 heavy (non-hydrogen) atoms. The summed E-state index contributed by atoms with van der Waals surface area (Å²) in [7, 11) is 0. The molecule has 0 amide bonds. The lowest BCUT2D eigenvalue weighted by Crippen LogP contribution is -2.62. The van der Waals surface area contributed by atoms with E-state index in [9.17, 15) is 0 Å². The number of aryl methyl sites for hydroxylation is 2. The number of hydrogen-bond donors (Lipinski definition) is 0. The lowest BCUT2D eigenvalue weighted by atomic mass is 9.32. The Morgan fingerprint density at radius 3 is 1.29 bits per heavy atom. The van der Waals surface area contributed by atoms with Gasteiger partial charge in [-0.15, -0.1) is 0 Å². The van der Waals surface area contributed by atoms with E-state index in [2.05, 4.69) is 257 Å². The average molecular weight is 1040 g/mol. The zero-order valence-corrected chi connectivity index (χ0v) is 49.4. The smallest absolute Gasteiger partial charge is 0.252 e. The van der Waals surface area contributed by atoms with Crippen molar-refractivity contribution in [3.05, 3.63) is 190 Å². The summed E-state index contributed by atoms with van der Waals surface area (Å²) in [5, 5.41) is 2.28. The van der Waals surface area contributed by atoms with Crippen LogP contribution < -0.4 is 31.1 Å². The van der Waals surface area contributed by atoms with Crippen molar-refractivity contribution in [2.45, 2.75) is 168 Å². The van der Waals surface area contributed by atoms with Crippen molar-refractivity contribution in [2.24, 2.45) is 0 Å². The van der Waals surface area contributed by atoms with Gasteiger partial charge in [0.15, 0.2) is 0 Å². The maximum atomic E-state index is 6.84. The van der Waals surface area contributed by atoms with Gasteiger partial charge >= 0.3 is 0 Å². The van der Waals surface area contributed by atoms with Gasteiger partial charge in [-0.3, -0.25) is 0 Å². The molecule has 5 aliphatic rings. The molecule has 2 aliphatic heterocycles. The second-order valence-corrected chi connectivity index (χ2v) is 28.6. The molecule has 0 bridgehead atoms. The van der Waals surface area contributed by atoms with Gasteiger partial charge in [0.25, 0.3) is 6.71 Å². The van der Waals surface area contributed by atoms with Crippen LogP contribution in [-0.2, 0) is 32.5 Å². The van der Waals surface area contributed by atoms with Gasteiger partial charge in [0.1, 0.15) is 11.2 Å². The second-order valence-electron chi connectivity index (χ2n) is 28.6. The lowest BCUT2D eigenvalue weighted by Gasteiger charge is -2.49. The summed E-state index contributed by atoms with van der Waals surface area (Å²) in [6, 6.07) is 56.9. The second kappa shape index (κ2) is 16.8. The van der Waals surface area contributed by atoms with Gasteiger partial charge in [0, 0.05) is 62.3 Å². The molecule has 9 aromatic rings. The zero-order chi connectivity index (χ0) is 55.1. The highest BCUT2D eigenvalue weighted by atomic mass is 16.3. The summed E-state index contributed by atoms with van der Waals surface area (Å²) in [5.74, 6) is 0. The molecule has 0 fully saturated rings. The summed E-state index contributed by atoms with van der Waals surface area (Å²) in [4.78, 5) is 7.94. The highest BCUT2D eigenvalue weighted by molar-refractivity contribution is 7.00. The summed E-state index contributed by atoms with van der Waals surface area (Å²) in [6.07, 6.45) is 6.91. The standard InChI is InChI=1S/C74H78BN3O/c1-45-21-15-18-24-60(45)78(61-25-19-16-22-46(61)2)49-38-64-68-65(39-49)77(48-27-29-51-50-23-17-20-26-66(50)79-67(51)40-48)63-44-57-55(72(9,10)34-36-74(57,13)14)42-59(63)75(68)58-41-54-56(73(11,12)35-33-71(54,7)8)43-62(58)76(64)47-28-30-52-53(37-47)70(5,6)32-31-69(52,3)4/h15-30,37-44H,31-36H2,1-14H3. The minimum atomic E-state index is -0.0536. The molecule has 0 spiro atoms. The molecule has 0 saturated carbocycles. The zero-order valence-electron chi connectivity index (χ0n) is 49.4. The van der Waals surface area contributed by atoms with Crippen molar-refractivity contribution >= 4 is 96.2 Å². The largest absolute Gasteiger partial charge is 0.456 e. The Morgan fingerprint density at radius 2 is 0.785 bits per heavy atom. The average Bonchev–Trinajstić information content (AvgIpc) is 3.94. The molecule has 8 aromatic carbocycles. The summed E-state index contributed by atoms with van der Waals surface area (Å²) in [6.45, 7) is 34.3. The van der Waals surface area contributed by atoms with E-state index < -0.39 is 0 Å². The van der Waals surface area contributed by atoms with Crippen LogP contribution in [0.15, 0.2) is 150 Å². The fourth-order valence-corrected chi connectivity index (χ4v) is 15.4. The third-order valence-corrected chi connectivity index (χ3v) is 20.7. The SMILES string of the molecule is Cc1ccccc1N(c1cc2c3c(c1)N(c1ccc4c(c1)oc1ccccc14)c1cc4c(cc1B3c1cc3c(cc1N2c1ccc2c(c1)C(C)(C)CCC2(C)C)C(C)(C)CCC3(C)C)C(C)(C)CCC4(C)C)c1ccccc1C. The molecule has 3 heterocycles. The normalized spacial score (nSPS) is 19.2. The van der Waals surface area contributed by atoms with E-state index in [1.165, 1.54) is 107 Å². The van der Waals surface area contributed by atoms with Gasteiger partial charge in [-0.25, -0.2) is 0 Å². The van der Waals surface area contributed by atoms with Crippen molar-refractivity contribution in [1.82, 2.24) is 0 Å². The fourth-order valence-electron chi connectivity index (χ4n) is 15.4. The molecule has 1 aromatic heterocycles. The van der Waals surface area contributed by atoms with Crippen LogP contribution in [0.3, 0.4) is 0 Å². The van der Waals surface area contributed by atoms with Gasteiger partial charge in [0.05, 0.1) is 5.69 Å². The Bertz CT molecular complexity index is 4000.